The molecule has 0 aromatic heterocycles. The number of rotatable bonds is 1. The van der Waals surface area contributed by atoms with Crippen LogP contribution in [0, 0.1) is 6.92 Å². The van der Waals surface area contributed by atoms with E-state index in [1.54, 1.807) is 0 Å². The molecule has 0 radical (unpaired) electrons. The molecule has 2 nitrogen and oxygen atoms in total. The van der Waals surface area contributed by atoms with Gasteiger partial charge in [-0.25, -0.2) is 0 Å². The highest BCUT2D eigenvalue weighted by molar-refractivity contribution is 5.78. The van der Waals surface area contributed by atoms with E-state index in [2.05, 4.69) is 55.1 Å². The van der Waals surface area contributed by atoms with Gasteiger partial charge in [-0.3, -0.25) is 0 Å². The van der Waals surface area contributed by atoms with E-state index >= 15 is 0 Å². The third-order valence-electron chi connectivity index (χ3n) is 3.97. The average molecular weight is 252 g/mol. The van der Waals surface area contributed by atoms with Crippen LogP contribution in [-0.4, -0.2) is 6.04 Å². The first kappa shape index (κ1) is 12.1. The number of anilines is 3. The van der Waals surface area contributed by atoms with Crippen molar-refractivity contribution in [3.05, 3.63) is 53.6 Å². The van der Waals surface area contributed by atoms with Crippen LogP contribution in [0.5, 0.6) is 0 Å². The van der Waals surface area contributed by atoms with Crippen molar-refractivity contribution >= 4 is 17.1 Å². The molecule has 98 valence electrons. The monoisotopic (exact) mass is 252 g/mol. The fourth-order valence-corrected chi connectivity index (χ4v) is 2.92. The Kier molecular flexibility index (Phi) is 2.94. The fourth-order valence-electron chi connectivity index (χ4n) is 2.92. The van der Waals surface area contributed by atoms with Crippen molar-refractivity contribution in [3.63, 3.8) is 0 Å². The SMILES string of the molecule is Cc1ccc(N)c(N2c3ccccc3CCC2C)c1. The second-order valence-corrected chi connectivity index (χ2v) is 5.45. The van der Waals surface area contributed by atoms with Crippen LogP contribution < -0.4 is 10.6 Å². The Morgan fingerprint density at radius 2 is 1.89 bits per heavy atom. The maximum absolute atomic E-state index is 6.20. The summed E-state index contributed by atoms with van der Waals surface area (Å²) in [6, 6.07) is 15.4. The molecule has 2 aromatic carbocycles. The maximum Gasteiger partial charge on any atom is 0.0649 e. The summed E-state index contributed by atoms with van der Waals surface area (Å²) in [5.41, 5.74) is 12.2. The van der Waals surface area contributed by atoms with E-state index in [9.17, 15) is 0 Å². The van der Waals surface area contributed by atoms with Crippen LogP contribution in [0.15, 0.2) is 42.5 Å². The van der Waals surface area contributed by atoms with E-state index in [4.69, 9.17) is 5.73 Å². The number of nitrogen functional groups attached to an aromatic ring is 1. The summed E-state index contributed by atoms with van der Waals surface area (Å²) < 4.78 is 0. The van der Waals surface area contributed by atoms with Crippen LogP contribution in [-0.2, 0) is 6.42 Å². The molecule has 2 heteroatoms. The van der Waals surface area contributed by atoms with Crippen LogP contribution in [0.4, 0.5) is 17.1 Å². The minimum Gasteiger partial charge on any atom is -0.397 e. The van der Waals surface area contributed by atoms with Crippen LogP contribution >= 0.6 is 0 Å². The van der Waals surface area contributed by atoms with Crippen LogP contribution in [0.3, 0.4) is 0 Å². The van der Waals surface area contributed by atoms with Gasteiger partial charge >= 0.3 is 0 Å². The summed E-state index contributed by atoms with van der Waals surface area (Å²) in [4.78, 5) is 2.39. The highest BCUT2D eigenvalue weighted by Crippen LogP contribution is 2.39. The van der Waals surface area contributed by atoms with Crippen molar-refractivity contribution in [2.45, 2.75) is 32.7 Å². The predicted octanol–water partition coefficient (Wildman–Crippen LogP) is 4.05. The third kappa shape index (κ3) is 2.07. The fraction of sp³-hybridized carbons (Fsp3) is 0.294. The van der Waals surface area contributed by atoms with E-state index in [-0.39, 0.29) is 0 Å². The molecule has 0 fully saturated rings. The summed E-state index contributed by atoms with van der Waals surface area (Å²) in [5, 5.41) is 0. The van der Waals surface area contributed by atoms with Crippen molar-refractivity contribution in [2.75, 3.05) is 10.6 Å². The minimum atomic E-state index is 0.485. The molecule has 1 aliphatic heterocycles. The van der Waals surface area contributed by atoms with Gasteiger partial charge in [0.1, 0.15) is 0 Å². The van der Waals surface area contributed by atoms with E-state index in [0.717, 1.165) is 17.8 Å². The van der Waals surface area contributed by atoms with Gasteiger partial charge in [-0.1, -0.05) is 24.3 Å². The number of hydrogen-bond donors (Lipinski definition) is 1. The van der Waals surface area contributed by atoms with Crippen molar-refractivity contribution in [3.8, 4) is 0 Å². The van der Waals surface area contributed by atoms with Gasteiger partial charge < -0.3 is 10.6 Å². The van der Waals surface area contributed by atoms with Crippen LogP contribution in [0.1, 0.15) is 24.5 Å². The Balaban J connectivity index is 2.16. The van der Waals surface area contributed by atoms with E-state index < -0.39 is 0 Å². The Morgan fingerprint density at radius 1 is 1.11 bits per heavy atom. The normalized spacial score (nSPS) is 18.2. The predicted molar refractivity (Wildman–Crippen MR) is 82.0 cm³/mol. The van der Waals surface area contributed by atoms with Crippen molar-refractivity contribution in [2.24, 2.45) is 0 Å². The highest BCUT2D eigenvalue weighted by Gasteiger charge is 2.25. The van der Waals surface area contributed by atoms with Gasteiger partial charge in [0.2, 0.25) is 0 Å². The van der Waals surface area contributed by atoms with Gasteiger partial charge in [-0.15, -0.1) is 0 Å². The van der Waals surface area contributed by atoms with Gasteiger partial charge in [0, 0.05) is 11.7 Å². The van der Waals surface area contributed by atoms with Crippen LogP contribution in [0.25, 0.3) is 0 Å². The van der Waals surface area contributed by atoms with Gasteiger partial charge in [0.15, 0.2) is 0 Å². The number of fused-ring (bicyclic) bond motifs is 1. The number of para-hydroxylation sites is 1. The molecule has 1 heterocycles. The van der Waals surface area contributed by atoms with Crippen molar-refractivity contribution in [1.82, 2.24) is 0 Å². The van der Waals surface area contributed by atoms with Gasteiger partial charge in [-0.2, -0.15) is 0 Å². The Morgan fingerprint density at radius 3 is 2.74 bits per heavy atom. The third-order valence-corrected chi connectivity index (χ3v) is 3.97. The molecule has 1 atom stereocenters. The van der Waals surface area contributed by atoms with E-state index in [1.165, 1.54) is 23.2 Å². The number of aryl methyl sites for hydroxylation is 2. The zero-order valence-corrected chi connectivity index (χ0v) is 11.6. The minimum absolute atomic E-state index is 0.485. The number of hydrogen-bond acceptors (Lipinski definition) is 2. The smallest absolute Gasteiger partial charge is 0.0649 e. The van der Waals surface area contributed by atoms with E-state index in [1.807, 2.05) is 6.07 Å². The van der Waals surface area contributed by atoms with Crippen molar-refractivity contribution in [1.29, 1.82) is 0 Å². The molecule has 2 N–H and O–H groups in total. The molecular formula is C17H20N2. The lowest BCUT2D eigenvalue weighted by Crippen LogP contribution is -2.33. The first-order chi connectivity index (χ1) is 9.16. The molecule has 1 aliphatic rings. The topological polar surface area (TPSA) is 29.3 Å². The van der Waals surface area contributed by atoms with Crippen LogP contribution in [0.2, 0.25) is 0 Å². The molecule has 0 spiro atoms. The highest BCUT2D eigenvalue weighted by atomic mass is 15.2. The molecule has 0 aliphatic carbocycles. The van der Waals surface area contributed by atoms with E-state index in [0.29, 0.717) is 6.04 Å². The molecule has 2 aromatic rings. The number of nitrogens with two attached hydrogens (primary N) is 1. The molecule has 3 rings (SSSR count). The van der Waals surface area contributed by atoms with Gasteiger partial charge in [0.05, 0.1) is 11.4 Å². The first-order valence-electron chi connectivity index (χ1n) is 6.90. The molecular weight excluding hydrogens is 232 g/mol. The second kappa shape index (κ2) is 4.61. The molecule has 19 heavy (non-hydrogen) atoms. The average Bonchev–Trinajstić information content (AvgIpc) is 2.42. The lowest BCUT2D eigenvalue weighted by molar-refractivity contribution is 0.618. The summed E-state index contributed by atoms with van der Waals surface area (Å²) in [5.74, 6) is 0. The molecule has 0 bridgehead atoms. The van der Waals surface area contributed by atoms with Gasteiger partial charge in [-0.05, 0) is 56.0 Å². The zero-order valence-electron chi connectivity index (χ0n) is 11.6. The summed E-state index contributed by atoms with van der Waals surface area (Å²) in [6.07, 6.45) is 2.32. The summed E-state index contributed by atoms with van der Waals surface area (Å²) in [6.45, 7) is 4.39. The zero-order chi connectivity index (χ0) is 13.4. The molecule has 0 saturated carbocycles. The molecule has 1 unspecified atom stereocenters. The lowest BCUT2D eigenvalue weighted by Gasteiger charge is -2.38. The number of benzene rings is 2. The first-order valence-corrected chi connectivity index (χ1v) is 6.90. The standard InChI is InChI=1S/C17H20N2/c1-12-7-10-15(18)17(11-12)19-13(2)8-9-14-5-3-4-6-16(14)19/h3-7,10-11,13H,8-9,18H2,1-2H3. The quantitative estimate of drug-likeness (QED) is 0.776. The Labute approximate surface area is 114 Å². The van der Waals surface area contributed by atoms with Crippen molar-refractivity contribution < 1.29 is 0 Å². The Bertz CT molecular complexity index is 604. The lowest BCUT2D eigenvalue weighted by atomic mass is 9.95. The molecule has 0 saturated heterocycles. The maximum atomic E-state index is 6.20. The van der Waals surface area contributed by atoms with Gasteiger partial charge in [0.25, 0.3) is 0 Å². The second-order valence-electron chi connectivity index (χ2n) is 5.45. The largest absolute Gasteiger partial charge is 0.397 e. The summed E-state index contributed by atoms with van der Waals surface area (Å²) in [7, 11) is 0. The number of nitrogens with zero attached hydrogens (tertiary/aromatic N) is 1. The molecule has 0 amide bonds. The Hall–Kier alpha value is -1.96. The summed E-state index contributed by atoms with van der Waals surface area (Å²) >= 11 is 0.